The fourth-order valence-electron chi connectivity index (χ4n) is 2.23. The van der Waals surface area contributed by atoms with Gasteiger partial charge in [-0.2, -0.15) is 0 Å². The van der Waals surface area contributed by atoms with E-state index >= 15 is 0 Å². The van der Waals surface area contributed by atoms with E-state index in [0.717, 1.165) is 34.5 Å². The fraction of sp³-hybridized carbons (Fsp3) is 0.474. The van der Waals surface area contributed by atoms with Gasteiger partial charge in [-0.1, -0.05) is 12.1 Å². The molecule has 0 bridgehead atoms. The molecule has 1 aromatic carbocycles. The highest BCUT2D eigenvalue weighted by molar-refractivity contribution is 14.0. The van der Waals surface area contributed by atoms with Gasteiger partial charge in [0, 0.05) is 11.4 Å². The van der Waals surface area contributed by atoms with Crippen LogP contribution in [0.2, 0.25) is 0 Å². The number of nitrogens with zero attached hydrogens (tertiary/aromatic N) is 2. The van der Waals surface area contributed by atoms with E-state index in [0.29, 0.717) is 13.1 Å². The summed E-state index contributed by atoms with van der Waals surface area (Å²) in [6, 6.07) is 8.09. The Morgan fingerprint density at radius 1 is 1.19 bits per heavy atom. The summed E-state index contributed by atoms with van der Waals surface area (Å²) < 4.78 is 5.67. The topological polar surface area (TPSA) is 58.5 Å². The largest absolute Gasteiger partial charge is 0.491 e. The molecule has 0 aliphatic carbocycles. The number of hydrogen-bond donors (Lipinski definition) is 2. The number of aliphatic imine (C=N–C) groups is 1. The van der Waals surface area contributed by atoms with Crippen LogP contribution >= 0.6 is 35.3 Å². The fourth-order valence-corrected chi connectivity index (χ4v) is 3.11. The lowest BCUT2D eigenvalue weighted by atomic mass is 10.2. The number of halogens is 1. The summed E-state index contributed by atoms with van der Waals surface area (Å²) in [6.45, 7) is 12.4. The Kier molecular flexibility index (Phi) is 9.93. The molecule has 2 rings (SSSR count). The number of aromatic nitrogens is 1. The molecule has 0 radical (unpaired) electrons. The molecule has 0 spiro atoms. The summed E-state index contributed by atoms with van der Waals surface area (Å²) in [6.07, 6.45) is 0.187. The second kappa shape index (κ2) is 11.4. The third-order valence-electron chi connectivity index (χ3n) is 3.54. The number of guanidine groups is 1. The molecule has 0 aliphatic heterocycles. The maximum Gasteiger partial charge on any atom is 0.191 e. The molecule has 0 aliphatic rings. The molecule has 7 heteroatoms. The lowest BCUT2D eigenvalue weighted by Crippen LogP contribution is -2.36. The van der Waals surface area contributed by atoms with Crippen LogP contribution in [0.4, 0.5) is 0 Å². The van der Waals surface area contributed by atoms with Crippen LogP contribution in [0, 0.1) is 13.8 Å². The number of ether oxygens (including phenoxy) is 1. The molecule has 0 fully saturated rings. The van der Waals surface area contributed by atoms with E-state index in [-0.39, 0.29) is 30.1 Å². The Hall–Kier alpha value is -1.35. The molecule has 0 saturated heterocycles. The van der Waals surface area contributed by atoms with E-state index < -0.39 is 0 Å². The SMILES string of the molecule is CCNC(=NCc1ccc(OC(C)C)cc1)NCc1nc(C)c(C)s1.I. The van der Waals surface area contributed by atoms with Crippen molar-refractivity contribution < 1.29 is 4.74 Å². The summed E-state index contributed by atoms with van der Waals surface area (Å²) >= 11 is 1.72. The third-order valence-corrected chi connectivity index (χ3v) is 4.61. The van der Waals surface area contributed by atoms with Gasteiger partial charge in [0.2, 0.25) is 0 Å². The molecular weight excluding hydrogens is 459 g/mol. The molecule has 2 aromatic rings. The molecule has 144 valence electrons. The van der Waals surface area contributed by atoms with Gasteiger partial charge in [0.25, 0.3) is 0 Å². The van der Waals surface area contributed by atoms with Crippen LogP contribution in [-0.4, -0.2) is 23.6 Å². The summed E-state index contributed by atoms with van der Waals surface area (Å²) in [5.41, 5.74) is 2.25. The zero-order valence-electron chi connectivity index (χ0n) is 16.1. The van der Waals surface area contributed by atoms with Gasteiger partial charge >= 0.3 is 0 Å². The standard InChI is InChI=1S/C19H28N4OS.HI/c1-6-20-19(22-12-18-23-14(4)15(5)25-18)21-11-16-7-9-17(10-8-16)24-13(2)3;/h7-10,13H,6,11-12H2,1-5H3,(H2,20,21,22);1H. The quantitative estimate of drug-likeness (QED) is 0.344. The average molecular weight is 488 g/mol. The van der Waals surface area contributed by atoms with Crippen molar-refractivity contribution >= 4 is 41.3 Å². The predicted octanol–water partition coefficient (Wildman–Crippen LogP) is 4.42. The molecule has 1 heterocycles. The van der Waals surface area contributed by atoms with Gasteiger partial charge in [0.1, 0.15) is 10.8 Å². The highest BCUT2D eigenvalue weighted by Gasteiger charge is 2.05. The van der Waals surface area contributed by atoms with E-state index in [9.17, 15) is 0 Å². The third kappa shape index (κ3) is 7.49. The van der Waals surface area contributed by atoms with Gasteiger partial charge in [-0.05, 0) is 52.3 Å². The van der Waals surface area contributed by atoms with Gasteiger partial charge in [-0.15, -0.1) is 35.3 Å². The van der Waals surface area contributed by atoms with E-state index in [1.165, 1.54) is 4.88 Å². The minimum absolute atomic E-state index is 0. The zero-order chi connectivity index (χ0) is 18.2. The number of benzene rings is 1. The van der Waals surface area contributed by atoms with Gasteiger partial charge in [-0.25, -0.2) is 9.98 Å². The normalized spacial score (nSPS) is 11.2. The number of rotatable bonds is 7. The Morgan fingerprint density at radius 2 is 1.88 bits per heavy atom. The molecule has 26 heavy (non-hydrogen) atoms. The second-order valence-electron chi connectivity index (χ2n) is 6.11. The smallest absolute Gasteiger partial charge is 0.191 e. The van der Waals surface area contributed by atoms with Crippen LogP contribution in [0.15, 0.2) is 29.3 Å². The second-order valence-corrected chi connectivity index (χ2v) is 7.40. The van der Waals surface area contributed by atoms with Crippen molar-refractivity contribution in [2.75, 3.05) is 6.54 Å². The molecular formula is C19H29IN4OS. The summed E-state index contributed by atoms with van der Waals surface area (Å²) in [7, 11) is 0. The lowest BCUT2D eigenvalue weighted by Gasteiger charge is -2.11. The van der Waals surface area contributed by atoms with E-state index in [1.807, 2.05) is 32.9 Å². The maximum atomic E-state index is 5.67. The number of aryl methyl sites for hydroxylation is 2. The van der Waals surface area contributed by atoms with Crippen LogP contribution in [0.3, 0.4) is 0 Å². The average Bonchev–Trinajstić information content (AvgIpc) is 2.89. The Balaban J connectivity index is 0.00000338. The van der Waals surface area contributed by atoms with Gasteiger partial charge in [0.15, 0.2) is 5.96 Å². The van der Waals surface area contributed by atoms with E-state index in [2.05, 4.69) is 46.6 Å². The zero-order valence-corrected chi connectivity index (χ0v) is 19.3. The molecule has 0 unspecified atom stereocenters. The van der Waals surface area contributed by atoms with Crippen molar-refractivity contribution in [3.8, 4) is 5.75 Å². The molecule has 2 N–H and O–H groups in total. The highest BCUT2D eigenvalue weighted by atomic mass is 127. The summed E-state index contributed by atoms with van der Waals surface area (Å²) in [5, 5.41) is 7.70. The first-order valence-corrected chi connectivity index (χ1v) is 9.50. The van der Waals surface area contributed by atoms with Crippen molar-refractivity contribution in [1.29, 1.82) is 0 Å². The van der Waals surface area contributed by atoms with Crippen LogP contribution in [0.1, 0.15) is 41.9 Å². The monoisotopic (exact) mass is 488 g/mol. The molecule has 5 nitrogen and oxygen atoms in total. The number of thiazole rings is 1. The van der Waals surface area contributed by atoms with Crippen molar-refractivity contribution in [3.63, 3.8) is 0 Å². The predicted molar refractivity (Wildman–Crippen MR) is 121 cm³/mol. The van der Waals surface area contributed by atoms with Crippen LogP contribution in [0.5, 0.6) is 5.75 Å². The summed E-state index contributed by atoms with van der Waals surface area (Å²) in [5.74, 6) is 1.69. The minimum atomic E-state index is 0. The van der Waals surface area contributed by atoms with Gasteiger partial charge in [0.05, 0.1) is 24.9 Å². The van der Waals surface area contributed by atoms with Crippen LogP contribution in [0.25, 0.3) is 0 Å². The lowest BCUT2D eigenvalue weighted by molar-refractivity contribution is 0.242. The number of nitrogens with one attached hydrogen (secondary N) is 2. The van der Waals surface area contributed by atoms with E-state index in [1.54, 1.807) is 11.3 Å². The first-order valence-electron chi connectivity index (χ1n) is 8.68. The Labute approximate surface area is 177 Å². The molecule has 0 atom stereocenters. The van der Waals surface area contributed by atoms with Crippen molar-refractivity contribution in [3.05, 3.63) is 45.4 Å². The van der Waals surface area contributed by atoms with Crippen LogP contribution in [-0.2, 0) is 13.1 Å². The maximum absolute atomic E-state index is 5.67. The van der Waals surface area contributed by atoms with Gasteiger partial charge in [-0.3, -0.25) is 0 Å². The van der Waals surface area contributed by atoms with Crippen molar-refractivity contribution in [2.45, 2.75) is 53.8 Å². The minimum Gasteiger partial charge on any atom is -0.491 e. The molecule has 0 amide bonds. The van der Waals surface area contributed by atoms with Crippen molar-refractivity contribution in [1.82, 2.24) is 15.6 Å². The first-order chi connectivity index (χ1) is 12.0. The van der Waals surface area contributed by atoms with E-state index in [4.69, 9.17) is 4.74 Å². The molecule has 0 saturated carbocycles. The number of hydrogen-bond acceptors (Lipinski definition) is 4. The Morgan fingerprint density at radius 3 is 2.42 bits per heavy atom. The van der Waals surface area contributed by atoms with Crippen molar-refractivity contribution in [2.24, 2.45) is 4.99 Å². The van der Waals surface area contributed by atoms with Gasteiger partial charge < -0.3 is 15.4 Å². The first kappa shape index (κ1) is 22.7. The summed E-state index contributed by atoms with van der Waals surface area (Å²) in [4.78, 5) is 10.5. The Bertz CT molecular complexity index is 679. The highest BCUT2D eigenvalue weighted by Crippen LogP contribution is 2.16. The van der Waals surface area contributed by atoms with Crippen LogP contribution < -0.4 is 15.4 Å². The molecule has 1 aromatic heterocycles.